The third-order valence-corrected chi connectivity index (χ3v) is 5.49. The largest absolute Gasteiger partial charge is 0.477 e. The molecule has 0 bridgehead atoms. The molecule has 0 spiro atoms. The second kappa shape index (κ2) is 6.09. The summed E-state index contributed by atoms with van der Waals surface area (Å²) in [5.41, 5.74) is 7.72. The molecule has 7 heteroatoms. The zero-order chi connectivity index (χ0) is 18.6. The maximum atomic E-state index is 13.8. The molecule has 2 fully saturated rings. The fourth-order valence-electron chi connectivity index (χ4n) is 4.04. The SMILES string of the molecule is Cc1c(N2CCC[C@H](N)C2)ccc2c(=O)c(C(=O)O)cn([C@@H]3C[C@@H]3F)c12. The van der Waals surface area contributed by atoms with Crippen molar-refractivity contribution in [1.29, 1.82) is 0 Å². The normalized spacial score (nSPS) is 25.5. The Balaban J connectivity index is 1.94. The van der Waals surface area contributed by atoms with Crippen molar-refractivity contribution < 1.29 is 14.3 Å². The highest BCUT2D eigenvalue weighted by Crippen LogP contribution is 2.42. The minimum atomic E-state index is -1.29. The van der Waals surface area contributed by atoms with E-state index in [0.717, 1.165) is 37.2 Å². The second-order valence-electron chi connectivity index (χ2n) is 7.36. The highest BCUT2D eigenvalue weighted by atomic mass is 19.1. The number of aromatic nitrogens is 1. The van der Waals surface area contributed by atoms with Gasteiger partial charge in [0.15, 0.2) is 0 Å². The van der Waals surface area contributed by atoms with Crippen LogP contribution in [0.2, 0.25) is 0 Å². The summed E-state index contributed by atoms with van der Waals surface area (Å²) in [7, 11) is 0. The van der Waals surface area contributed by atoms with Gasteiger partial charge in [-0.1, -0.05) is 0 Å². The van der Waals surface area contributed by atoms with Crippen LogP contribution in [0.25, 0.3) is 10.9 Å². The number of aromatic carboxylic acids is 1. The van der Waals surface area contributed by atoms with Crippen molar-refractivity contribution in [2.75, 3.05) is 18.0 Å². The van der Waals surface area contributed by atoms with Gasteiger partial charge in [0.25, 0.3) is 0 Å². The standard InChI is InChI=1S/C19H22FN3O3/c1-10-15(22-6-2-3-11(21)8-22)5-4-12-17(10)23(16-7-14(16)20)9-13(18(12)24)19(25)26/h4-5,9,11,14,16H,2-3,6-8,21H2,1H3,(H,25,26)/t11-,14-,16+/m0/s1. The molecule has 138 valence electrons. The Morgan fingerprint density at radius 3 is 2.73 bits per heavy atom. The Kier molecular flexibility index (Phi) is 3.99. The third-order valence-electron chi connectivity index (χ3n) is 5.49. The fourth-order valence-corrected chi connectivity index (χ4v) is 4.04. The maximum absolute atomic E-state index is 13.8. The lowest BCUT2D eigenvalue weighted by Gasteiger charge is -2.34. The molecule has 2 aromatic rings. The molecule has 1 aromatic heterocycles. The van der Waals surface area contributed by atoms with Gasteiger partial charge >= 0.3 is 5.97 Å². The van der Waals surface area contributed by atoms with E-state index in [-0.39, 0.29) is 11.6 Å². The monoisotopic (exact) mass is 359 g/mol. The number of hydrogen-bond acceptors (Lipinski definition) is 4. The first kappa shape index (κ1) is 17.0. The van der Waals surface area contributed by atoms with Gasteiger partial charge in [-0.25, -0.2) is 9.18 Å². The van der Waals surface area contributed by atoms with Crippen LogP contribution in [0.5, 0.6) is 0 Å². The minimum absolute atomic E-state index is 0.106. The van der Waals surface area contributed by atoms with Crippen molar-refractivity contribution in [3.05, 3.63) is 39.7 Å². The number of piperidine rings is 1. The van der Waals surface area contributed by atoms with E-state index in [1.807, 2.05) is 13.0 Å². The summed E-state index contributed by atoms with van der Waals surface area (Å²) in [6.07, 6.45) is 2.62. The molecule has 3 N–H and O–H groups in total. The molecule has 6 nitrogen and oxygen atoms in total. The Morgan fingerprint density at radius 1 is 1.38 bits per heavy atom. The zero-order valence-electron chi connectivity index (χ0n) is 14.6. The number of fused-ring (bicyclic) bond motifs is 1. The summed E-state index contributed by atoms with van der Waals surface area (Å²) in [5, 5.41) is 9.67. The molecular weight excluding hydrogens is 337 g/mol. The zero-order valence-corrected chi connectivity index (χ0v) is 14.6. The van der Waals surface area contributed by atoms with E-state index in [4.69, 9.17) is 5.73 Å². The highest BCUT2D eigenvalue weighted by molar-refractivity contribution is 5.95. The molecule has 1 saturated carbocycles. The molecule has 0 unspecified atom stereocenters. The van der Waals surface area contributed by atoms with Crippen LogP contribution in [-0.2, 0) is 0 Å². The van der Waals surface area contributed by atoms with Gasteiger partial charge in [-0.15, -0.1) is 0 Å². The molecule has 1 aliphatic carbocycles. The van der Waals surface area contributed by atoms with Crippen molar-refractivity contribution in [3.63, 3.8) is 0 Å². The van der Waals surface area contributed by atoms with Crippen molar-refractivity contribution in [2.45, 2.75) is 44.4 Å². The minimum Gasteiger partial charge on any atom is -0.477 e. The number of rotatable bonds is 3. The first-order chi connectivity index (χ1) is 12.4. The second-order valence-corrected chi connectivity index (χ2v) is 7.36. The van der Waals surface area contributed by atoms with Gasteiger partial charge in [-0.3, -0.25) is 4.79 Å². The van der Waals surface area contributed by atoms with Crippen molar-refractivity contribution in [1.82, 2.24) is 4.57 Å². The summed E-state index contributed by atoms with van der Waals surface area (Å²) in [6.45, 7) is 3.52. The number of carboxylic acids is 1. The summed E-state index contributed by atoms with van der Waals surface area (Å²) < 4.78 is 15.4. The van der Waals surface area contributed by atoms with Gasteiger partial charge < -0.3 is 20.3 Å². The Morgan fingerprint density at radius 2 is 2.12 bits per heavy atom. The summed E-state index contributed by atoms with van der Waals surface area (Å²) in [5.74, 6) is -1.29. The molecular formula is C19H22FN3O3. The fraction of sp³-hybridized carbons (Fsp3) is 0.474. The number of anilines is 1. The molecule has 2 aliphatic rings. The van der Waals surface area contributed by atoms with E-state index in [9.17, 15) is 19.1 Å². The number of aryl methyl sites for hydroxylation is 1. The number of nitrogens with zero attached hydrogens (tertiary/aromatic N) is 2. The van der Waals surface area contributed by atoms with E-state index < -0.39 is 23.6 Å². The first-order valence-corrected chi connectivity index (χ1v) is 8.95. The number of nitrogens with two attached hydrogens (primary N) is 1. The maximum Gasteiger partial charge on any atom is 0.341 e. The number of halogens is 1. The van der Waals surface area contributed by atoms with Gasteiger partial charge in [0.1, 0.15) is 11.7 Å². The van der Waals surface area contributed by atoms with Gasteiger partial charge in [-0.2, -0.15) is 0 Å². The van der Waals surface area contributed by atoms with Crippen molar-refractivity contribution in [3.8, 4) is 0 Å². The van der Waals surface area contributed by atoms with Crippen molar-refractivity contribution >= 4 is 22.6 Å². The Hall–Kier alpha value is -2.41. The van der Waals surface area contributed by atoms with Crippen LogP contribution in [0.1, 0.15) is 41.2 Å². The van der Waals surface area contributed by atoms with E-state index in [1.54, 1.807) is 10.6 Å². The summed E-state index contributed by atoms with van der Waals surface area (Å²) >= 11 is 0. The topological polar surface area (TPSA) is 88.6 Å². The average molecular weight is 359 g/mol. The van der Waals surface area contributed by atoms with Crippen LogP contribution in [0.3, 0.4) is 0 Å². The molecule has 26 heavy (non-hydrogen) atoms. The van der Waals surface area contributed by atoms with Crippen LogP contribution in [0.4, 0.5) is 10.1 Å². The Labute approximate surface area is 150 Å². The average Bonchev–Trinajstić information content (AvgIpc) is 3.32. The van der Waals surface area contributed by atoms with E-state index in [0.29, 0.717) is 17.3 Å². The lowest BCUT2D eigenvalue weighted by molar-refractivity contribution is 0.0694. The van der Waals surface area contributed by atoms with Crippen LogP contribution >= 0.6 is 0 Å². The van der Waals surface area contributed by atoms with E-state index in [1.165, 1.54) is 6.20 Å². The molecule has 1 saturated heterocycles. The van der Waals surface area contributed by atoms with Crippen molar-refractivity contribution in [2.24, 2.45) is 5.73 Å². The lowest BCUT2D eigenvalue weighted by atomic mass is 10.0. The predicted molar refractivity (Wildman–Crippen MR) is 97.9 cm³/mol. The lowest BCUT2D eigenvalue weighted by Crippen LogP contribution is -2.43. The third kappa shape index (κ3) is 2.67. The van der Waals surface area contributed by atoms with Gasteiger partial charge in [-0.05, 0) is 37.5 Å². The molecule has 0 amide bonds. The Bertz CT molecular complexity index is 955. The van der Waals surface area contributed by atoms with Crippen LogP contribution in [0.15, 0.2) is 23.1 Å². The van der Waals surface area contributed by atoms with Crippen LogP contribution < -0.4 is 16.1 Å². The quantitative estimate of drug-likeness (QED) is 0.877. The van der Waals surface area contributed by atoms with E-state index in [2.05, 4.69) is 4.90 Å². The number of alkyl halides is 1. The van der Waals surface area contributed by atoms with E-state index >= 15 is 0 Å². The predicted octanol–water partition coefficient (Wildman–Crippen LogP) is 2.22. The molecule has 0 radical (unpaired) electrons. The smallest absolute Gasteiger partial charge is 0.341 e. The number of carboxylic acid groups (broad SMARTS) is 1. The van der Waals surface area contributed by atoms with Gasteiger partial charge in [0.2, 0.25) is 5.43 Å². The molecule has 4 rings (SSSR count). The summed E-state index contributed by atoms with van der Waals surface area (Å²) in [6, 6.07) is 3.22. The number of pyridine rings is 1. The molecule has 1 aromatic carbocycles. The molecule has 3 atom stereocenters. The molecule has 2 heterocycles. The van der Waals surface area contributed by atoms with Gasteiger partial charge in [0.05, 0.1) is 11.6 Å². The number of carbonyl (C=O) groups is 1. The number of benzene rings is 1. The first-order valence-electron chi connectivity index (χ1n) is 8.95. The van der Waals surface area contributed by atoms with Crippen LogP contribution in [-0.4, -0.2) is 40.9 Å². The summed E-state index contributed by atoms with van der Waals surface area (Å²) in [4.78, 5) is 26.3. The van der Waals surface area contributed by atoms with Gasteiger partial charge in [0, 0.05) is 42.8 Å². The van der Waals surface area contributed by atoms with Crippen LogP contribution in [0, 0.1) is 6.92 Å². The molecule has 1 aliphatic heterocycles. The number of hydrogen-bond donors (Lipinski definition) is 2. The highest BCUT2D eigenvalue weighted by Gasteiger charge is 2.40.